The number of carbonyl (C=O) groups is 2. The van der Waals surface area contributed by atoms with E-state index < -0.39 is 11.8 Å². The molecule has 0 atom stereocenters. The van der Waals surface area contributed by atoms with Gasteiger partial charge in [0.2, 0.25) is 0 Å². The zero-order chi connectivity index (χ0) is 25.2. The molecule has 0 aliphatic carbocycles. The van der Waals surface area contributed by atoms with Crippen molar-refractivity contribution >= 4 is 23.7 Å². The van der Waals surface area contributed by atoms with E-state index in [2.05, 4.69) is 15.8 Å². The molecule has 0 saturated carbocycles. The second kappa shape index (κ2) is 12.3. The lowest BCUT2D eigenvalue weighted by molar-refractivity contribution is -0.136. The van der Waals surface area contributed by atoms with Crippen molar-refractivity contribution in [2.45, 2.75) is 33.3 Å². The number of para-hydroxylation sites is 2. The summed E-state index contributed by atoms with van der Waals surface area (Å²) < 4.78 is 24.4. The average Bonchev–Trinajstić information content (AvgIpc) is 2.88. The Morgan fingerprint density at radius 1 is 0.943 bits per heavy atom. The van der Waals surface area contributed by atoms with Gasteiger partial charge >= 0.3 is 11.8 Å². The Morgan fingerprint density at radius 3 is 2.23 bits per heavy atom. The Labute approximate surface area is 204 Å². The maximum absolute atomic E-state index is 13.2. The smallest absolute Gasteiger partial charge is 0.329 e. The van der Waals surface area contributed by atoms with Crippen LogP contribution >= 0.6 is 0 Å². The molecule has 7 nitrogen and oxygen atoms in total. The Hall–Kier alpha value is -4.20. The maximum Gasteiger partial charge on any atom is 0.329 e. The highest BCUT2D eigenvalue weighted by molar-refractivity contribution is 6.39. The van der Waals surface area contributed by atoms with Crippen molar-refractivity contribution in [3.05, 3.63) is 88.7 Å². The van der Waals surface area contributed by atoms with Crippen molar-refractivity contribution in [3.63, 3.8) is 0 Å². The molecular formula is C27H28FN3O4. The van der Waals surface area contributed by atoms with Gasteiger partial charge in [0.05, 0.1) is 13.3 Å². The van der Waals surface area contributed by atoms with Crippen LogP contribution in [-0.4, -0.2) is 25.1 Å². The summed E-state index contributed by atoms with van der Waals surface area (Å²) in [7, 11) is 1.51. The summed E-state index contributed by atoms with van der Waals surface area (Å²) in [6.45, 7) is 4.14. The molecule has 0 heterocycles. The predicted octanol–water partition coefficient (Wildman–Crippen LogP) is 4.63. The Balaban J connectivity index is 1.69. The maximum atomic E-state index is 13.2. The number of nitrogens with one attached hydrogen (secondary N) is 2. The largest absolute Gasteiger partial charge is 0.493 e. The number of rotatable bonds is 9. The third kappa shape index (κ3) is 6.66. The molecule has 2 amide bonds. The number of ether oxygens (including phenoxy) is 2. The minimum absolute atomic E-state index is 0.173. The lowest BCUT2D eigenvalue weighted by atomic mass is 10.0. The molecule has 3 aromatic carbocycles. The van der Waals surface area contributed by atoms with Crippen LogP contribution in [0, 0.1) is 5.82 Å². The van der Waals surface area contributed by atoms with E-state index in [0.717, 1.165) is 29.5 Å². The lowest BCUT2D eigenvalue weighted by Crippen LogP contribution is -2.33. The van der Waals surface area contributed by atoms with Crippen LogP contribution < -0.4 is 20.2 Å². The summed E-state index contributed by atoms with van der Waals surface area (Å²) in [5.41, 5.74) is 6.11. The first-order valence-corrected chi connectivity index (χ1v) is 11.3. The molecular weight excluding hydrogens is 449 g/mol. The highest BCUT2D eigenvalue weighted by Crippen LogP contribution is 2.31. The van der Waals surface area contributed by atoms with E-state index in [4.69, 9.17) is 9.47 Å². The molecule has 0 aliphatic rings. The van der Waals surface area contributed by atoms with Crippen molar-refractivity contribution in [2.24, 2.45) is 5.10 Å². The first kappa shape index (κ1) is 25.4. The standard InChI is InChI=1S/C27H28FN3O4/c1-4-19-8-6-9-20(5-2)24(19)30-26(32)27(33)31-29-16-21-10-7-11-23(34-3)25(21)35-17-18-12-14-22(28)15-13-18/h6-16H,4-5,17H2,1-3H3,(H,30,32)(H,31,33)/b29-16-. The molecule has 8 heteroatoms. The Morgan fingerprint density at radius 2 is 1.60 bits per heavy atom. The van der Waals surface area contributed by atoms with Crippen molar-refractivity contribution in [2.75, 3.05) is 12.4 Å². The van der Waals surface area contributed by atoms with Gasteiger partial charge in [-0.2, -0.15) is 5.10 Å². The van der Waals surface area contributed by atoms with Gasteiger partial charge in [0.1, 0.15) is 12.4 Å². The molecule has 0 aromatic heterocycles. The van der Waals surface area contributed by atoms with E-state index in [0.29, 0.717) is 22.7 Å². The first-order valence-electron chi connectivity index (χ1n) is 11.3. The van der Waals surface area contributed by atoms with Crippen LogP contribution in [-0.2, 0) is 29.0 Å². The van der Waals surface area contributed by atoms with E-state index >= 15 is 0 Å². The van der Waals surface area contributed by atoms with Crippen molar-refractivity contribution in [1.82, 2.24) is 5.43 Å². The van der Waals surface area contributed by atoms with Crippen molar-refractivity contribution in [3.8, 4) is 11.5 Å². The first-order chi connectivity index (χ1) is 17.0. The van der Waals surface area contributed by atoms with Crippen LogP contribution in [0.25, 0.3) is 0 Å². The lowest BCUT2D eigenvalue weighted by Gasteiger charge is -2.14. The van der Waals surface area contributed by atoms with Gasteiger partial charge in [0.25, 0.3) is 0 Å². The number of methoxy groups -OCH3 is 1. The molecule has 0 radical (unpaired) electrons. The average molecular weight is 478 g/mol. The fourth-order valence-electron chi connectivity index (χ4n) is 3.47. The number of hydrogen-bond donors (Lipinski definition) is 2. The summed E-state index contributed by atoms with van der Waals surface area (Å²) in [6.07, 6.45) is 2.81. The van der Waals surface area contributed by atoms with Gasteiger partial charge in [-0.3, -0.25) is 9.59 Å². The number of benzene rings is 3. The molecule has 182 valence electrons. The highest BCUT2D eigenvalue weighted by atomic mass is 19.1. The number of hydrogen-bond acceptors (Lipinski definition) is 5. The van der Waals surface area contributed by atoms with E-state index in [-0.39, 0.29) is 12.4 Å². The number of carbonyl (C=O) groups excluding carboxylic acids is 2. The van der Waals surface area contributed by atoms with Crippen LogP contribution in [0.3, 0.4) is 0 Å². The number of nitrogens with zero attached hydrogens (tertiary/aromatic N) is 1. The quantitative estimate of drug-likeness (QED) is 0.267. The number of anilines is 1. The fraction of sp³-hybridized carbons (Fsp3) is 0.222. The summed E-state index contributed by atoms with van der Waals surface area (Å²) in [5.74, 6) is -1.18. The van der Waals surface area contributed by atoms with Gasteiger partial charge in [-0.25, -0.2) is 9.82 Å². The SMILES string of the molecule is CCc1cccc(CC)c1NC(=O)C(=O)N/N=C\c1cccc(OC)c1OCc1ccc(F)cc1. The van der Waals surface area contributed by atoms with E-state index in [1.54, 1.807) is 30.3 Å². The number of aryl methyl sites for hydroxylation is 2. The molecule has 0 spiro atoms. The molecule has 0 fully saturated rings. The van der Waals surface area contributed by atoms with Gasteiger partial charge in [-0.1, -0.05) is 50.2 Å². The third-order valence-electron chi connectivity index (χ3n) is 5.34. The number of hydrazone groups is 1. The van der Waals surface area contributed by atoms with Crippen molar-refractivity contribution in [1.29, 1.82) is 0 Å². The summed E-state index contributed by atoms with van der Waals surface area (Å²) in [5, 5.41) is 6.63. The molecule has 0 unspecified atom stereocenters. The Bertz CT molecular complexity index is 1190. The molecule has 3 aromatic rings. The van der Waals surface area contributed by atoms with Crippen LogP contribution in [0.1, 0.15) is 36.1 Å². The topological polar surface area (TPSA) is 89.0 Å². The van der Waals surface area contributed by atoms with Gasteiger partial charge in [0.15, 0.2) is 11.5 Å². The second-order valence-electron chi connectivity index (χ2n) is 7.61. The highest BCUT2D eigenvalue weighted by Gasteiger charge is 2.17. The van der Waals surface area contributed by atoms with Crippen molar-refractivity contribution < 1.29 is 23.5 Å². The van der Waals surface area contributed by atoms with Gasteiger partial charge in [-0.05, 0) is 53.8 Å². The third-order valence-corrected chi connectivity index (χ3v) is 5.34. The zero-order valence-electron chi connectivity index (χ0n) is 19.9. The molecule has 0 aliphatic heterocycles. The number of halogens is 1. The minimum atomic E-state index is -0.897. The molecule has 0 bridgehead atoms. The van der Waals surface area contributed by atoms with E-state index in [9.17, 15) is 14.0 Å². The minimum Gasteiger partial charge on any atom is -0.493 e. The Kier molecular flexibility index (Phi) is 8.95. The van der Waals surface area contributed by atoms with Crippen LogP contribution in [0.4, 0.5) is 10.1 Å². The molecule has 3 rings (SSSR count). The molecule has 2 N–H and O–H groups in total. The monoisotopic (exact) mass is 477 g/mol. The second-order valence-corrected chi connectivity index (χ2v) is 7.61. The van der Waals surface area contributed by atoms with E-state index in [1.807, 2.05) is 32.0 Å². The fourth-order valence-corrected chi connectivity index (χ4v) is 3.47. The summed E-state index contributed by atoms with van der Waals surface area (Å²) in [4.78, 5) is 24.8. The molecule has 35 heavy (non-hydrogen) atoms. The number of amides is 2. The normalized spacial score (nSPS) is 10.7. The van der Waals surface area contributed by atoms with Crippen LogP contribution in [0.2, 0.25) is 0 Å². The van der Waals surface area contributed by atoms with Gasteiger partial charge in [0, 0.05) is 11.3 Å². The summed E-state index contributed by atoms with van der Waals surface area (Å²) in [6, 6.07) is 16.9. The van der Waals surface area contributed by atoms with E-state index in [1.165, 1.54) is 25.5 Å². The molecule has 0 saturated heterocycles. The van der Waals surface area contributed by atoms with Gasteiger partial charge in [-0.15, -0.1) is 0 Å². The summed E-state index contributed by atoms with van der Waals surface area (Å²) >= 11 is 0. The van der Waals surface area contributed by atoms with Crippen LogP contribution in [0.15, 0.2) is 65.8 Å². The predicted molar refractivity (Wildman–Crippen MR) is 133 cm³/mol. The zero-order valence-corrected chi connectivity index (χ0v) is 19.9. The van der Waals surface area contributed by atoms with Gasteiger partial charge < -0.3 is 14.8 Å². The van der Waals surface area contributed by atoms with Crippen LogP contribution in [0.5, 0.6) is 11.5 Å².